The van der Waals surface area contributed by atoms with Crippen LogP contribution < -0.4 is 4.74 Å². The zero-order valence-corrected chi connectivity index (χ0v) is 10.2. The molecule has 0 aliphatic carbocycles. The number of fused-ring (bicyclic) bond motifs is 1. The lowest BCUT2D eigenvalue weighted by Crippen LogP contribution is -1.99. The number of hydrogen-bond acceptors (Lipinski definition) is 1. The van der Waals surface area contributed by atoms with Crippen LogP contribution in [0.2, 0.25) is 0 Å². The summed E-state index contributed by atoms with van der Waals surface area (Å²) in [5, 5.41) is 1.25. The molecular formula is C14H19NO. The highest BCUT2D eigenvalue weighted by Crippen LogP contribution is 2.22. The molecule has 86 valence electrons. The van der Waals surface area contributed by atoms with Gasteiger partial charge in [0, 0.05) is 23.6 Å². The van der Waals surface area contributed by atoms with Crippen molar-refractivity contribution in [3.63, 3.8) is 0 Å². The molecule has 0 spiro atoms. The Balaban J connectivity index is 2.27. The smallest absolute Gasteiger partial charge is 0.119 e. The maximum absolute atomic E-state index is 5.22. The minimum absolute atomic E-state index is 0.746. The summed E-state index contributed by atoms with van der Waals surface area (Å²) in [6, 6.07) is 8.39. The van der Waals surface area contributed by atoms with Crippen LogP contribution in [-0.2, 0) is 6.54 Å². The van der Waals surface area contributed by atoms with Gasteiger partial charge in [-0.1, -0.05) is 13.8 Å². The van der Waals surface area contributed by atoms with E-state index in [1.165, 1.54) is 17.3 Å². The van der Waals surface area contributed by atoms with Crippen LogP contribution in [0, 0.1) is 5.92 Å². The second kappa shape index (κ2) is 4.60. The Bertz CT molecular complexity index is 471. The summed E-state index contributed by atoms with van der Waals surface area (Å²) in [6.07, 6.45) is 3.38. The van der Waals surface area contributed by atoms with Gasteiger partial charge in [-0.25, -0.2) is 0 Å². The van der Waals surface area contributed by atoms with E-state index in [-0.39, 0.29) is 0 Å². The van der Waals surface area contributed by atoms with Crippen LogP contribution in [0.15, 0.2) is 30.5 Å². The summed E-state index contributed by atoms with van der Waals surface area (Å²) >= 11 is 0. The predicted octanol–water partition coefficient (Wildman–Crippen LogP) is 3.70. The number of ether oxygens (including phenoxy) is 1. The number of hydrogen-bond donors (Lipinski definition) is 0. The Morgan fingerprint density at radius 1 is 1.25 bits per heavy atom. The van der Waals surface area contributed by atoms with Crippen LogP contribution in [0.1, 0.15) is 20.3 Å². The van der Waals surface area contributed by atoms with Crippen molar-refractivity contribution in [2.75, 3.05) is 7.11 Å². The summed E-state index contributed by atoms with van der Waals surface area (Å²) in [5.41, 5.74) is 1.29. The number of nitrogens with zero attached hydrogens (tertiary/aromatic N) is 1. The van der Waals surface area contributed by atoms with Gasteiger partial charge >= 0.3 is 0 Å². The fourth-order valence-electron chi connectivity index (χ4n) is 1.90. The van der Waals surface area contributed by atoms with Crippen LogP contribution >= 0.6 is 0 Å². The van der Waals surface area contributed by atoms with Crippen molar-refractivity contribution in [1.82, 2.24) is 4.57 Å². The predicted molar refractivity (Wildman–Crippen MR) is 67.9 cm³/mol. The summed E-state index contributed by atoms with van der Waals surface area (Å²) in [7, 11) is 1.71. The summed E-state index contributed by atoms with van der Waals surface area (Å²) in [6.45, 7) is 5.61. The van der Waals surface area contributed by atoms with Crippen LogP contribution in [-0.4, -0.2) is 11.7 Å². The van der Waals surface area contributed by atoms with Gasteiger partial charge < -0.3 is 9.30 Å². The zero-order valence-electron chi connectivity index (χ0n) is 10.2. The van der Waals surface area contributed by atoms with Gasteiger partial charge in [-0.3, -0.25) is 0 Å². The molecule has 2 nitrogen and oxygen atoms in total. The third-order valence-corrected chi connectivity index (χ3v) is 2.93. The van der Waals surface area contributed by atoms with E-state index in [1.807, 2.05) is 6.07 Å². The molecule has 0 aliphatic heterocycles. The maximum Gasteiger partial charge on any atom is 0.119 e. The summed E-state index contributed by atoms with van der Waals surface area (Å²) in [5.74, 6) is 1.67. The van der Waals surface area contributed by atoms with Crippen LogP contribution in [0.3, 0.4) is 0 Å². The molecule has 0 fully saturated rings. The van der Waals surface area contributed by atoms with Crippen LogP contribution in [0.25, 0.3) is 10.9 Å². The van der Waals surface area contributed by atoms with E-state index >= 15 is 0 Å². The number of rotatable bonds is 4. The molecule has 0 amide bonds. The first kappa shape index (κ1) is 11.1. The van der Waals surface area contributed by atoms with Crippen molar-refractivity contribution < 1.29 is 4.74 Å². The number of methoxy groups -OCH3 is 1. The molecule has 0 radical (unpaired) electrons. The van der Waals surface area contributed by atoms with Gasteiger partial charge in [-0.2, -0.15) is 0 Å². The minimum Gasteiger partial charge on any atom is -0.497 e. The Morgan fingerprint density at radius 2 is 2.06 bits per heavy atom. The average molecular weight is 217 g/mol. The molecule has 0 unspecified atom stereocenters. The molecule has 2 heteroatoms. The molecular weight excluding hydrogens is 198 g/mol. The lowest BCUT2D eigenvalue weighted by Gasteiger charge is -2.08. The van der Waals surface area contributed by atoms with Gasteiger partial charge in [-0.15, -0.1) is 0 Å². The number of benzene rings is 1. The Kier molecular flexibility index (Phi) is 3.18. The SMILES string of the molecule is COc1ccc2c(ccn2CCC(C)C)c1. The van der Waals surface area contributed by atoms with Crippen LogP contribution in [0.4, 0.5) is 0 Å². The number of aromatic nitrogens is 1. The second-order valence-corrected chi connectivity index (χ2v) is 4.62. The highest BCUT2D eigenvalue weighted by atomic mass is 16.5. The molecule has 1 aromatic carbocycles. The molecule has 0 N–H and O–H groups in total. The van der Waals surface area contributed by atoms with E-state index in [4.69, 9.17) is 4.74 Å². The molecule has 0 atom stereocenters. The topological polar surface area (TPSA) is 14.2 Å². The lowest BCUT2D eigenvalue weighted by atomic mass is 10.1. The fraction of sp³-hybridized carbons (Fsp3) is 0.429. The fourth-order valence-corrected chi connectivity index (χ4v) is 1.90. The maximum atomic E-state index is 5.22. The molecule has 2 aromatic rings. The monoisotopic (exact) mass is 217 g/mol. The van der Waals surface area contributed by atoms with Crippen molar-refractivity contribution in [2.24, 2.45) is 5.92 Å². The van der Waals surface area contributed by atoms with E-state index in [0.717, 1.165) is 18.2 Å². The first-order valence-electron chi connectivity index (χ1n) is 5.83. The van der Waals surface area contributed by atoms with Crippen molar-refractivity contribution >= 4 is 10.9 Å². The van der Waals surface area contributed by atoms with E-state index < -0.39 is 0 Å². The second-order valence-electron chi connectivity index (χ2n) is 4.62. The molecule has 0 saturated heterocycles. The third-order valence-electron chi connectivity index (χ3n) is 2.93. The molecule has 1 aromatic heterocycles. The van der Waals surface area contributed by atoms with Gasteiger partial charge in [0.05, 0.1) is 7.11 Å². The van der Waals surface area contributed by atoms with E-state index in [1.54, 1.807) is 7.11 Å². The standard InChI is InChI=1S/C14H19NO/c1-11(2)6-8-15-9-7-12-10-13(16-3)4-5-14(12)15/h4-5,7,9-11H,6,8H2,1-3H3. The van der Waals surface area contributed by atoms with Crippen molar-refractivity contribution in [1.29, 1.82) is 0 Å². The normalized spacial score (nSPS) is 11.2. The molecule has 16 heavy (non-hydrogen) atoms. The lowest BCUT2D eigenvalue weighted by molar-refractivity contribution is 0.415. The summed E-state index contributed by atoms with van der Waals surface area (Å²) in [4.78, 5) is 0. The summed E-state index contributed by atoms with van der Waals surface area (Å²) < 4.78 is 7.53. The van der Waals surface area contributed by atoms with E-state index in [9.17, 15) is 0 Å². The molecule has 0 aliphatic rings. The molecule has 1 heterocycles. The van der Waals surface area contributed by atoms with Crippen molar-refractivity contribution in [2.45, 2.75) is 26.8 Å². The zero-order chi connectivity index (χ0) is 11.5. The first-order chi connectivity index (χ1) is 7.70. The third kappa shape index (κ3) is 2.21. The van der Waals surface area contributed by atoms with Gasteiger partial charge in [0.2, 0.25) is 0 Å². The van der Waals surface area contributed by atoms with E-state index in [0.29, 0.717) is 0 Å². The molecule has 2 rings (SSSR count). The first-order valence-corrected chi connectivity index (χ1v) is 5.83. The molecule has 0 bridgehead atoms. The van der Waals surface area contributed by atoms with Crippen molar-refractivity contribution in [3.05, 3.63) is 30.5 Å². The van der Waals surface area contributed by atoms with Gasteiger partial charge in [0.15, 0.2) is 0 Å². The van der Waals surface area contributed by atoms with Gasteiger partial charge in [0.25, 0.3) is 0 Å². The Morgan fingerprint density at radius 3 is 2.75 bits per heavy atom. The molecule has 0 saturated carbocycles. The highest BCUT2D eigenvalue weighted by Gasteiger charge is 2.03. The van der Waals surface area contributed by atoms with Crippen molar-refractivity contribution in [3.8, 4) is 5.75 Å². The Hall–Kier alpha value is -1.44. The Labute approximate surface area is 96.8 Å². The largest absolute Gasteiger partial charge is 0.497 e. The number of aryl methyl sites for hydroxylation is 1. The highest BCUT2D eigenvalue weighted by molar-refractivity contribution is 5.81. The van der Waals surface area contributed by atoms with Gasteiger partial charge in [-0.05, 0) is 36.6 Å². The van der Waals surface area contributed by atoms with Gasteiger partial charge in [0.1, 0.15) is 5.75 Å². The minimum atomic E-state index is 0.746. The average Bonchev–Trinajstić information content (AvgIpc) is 2.68. The quantitative estimate of drug-likeness (QED) is 0.761. The van der Waals surface area contributed by atoms with E-state index in [2.05, 4.69) is 42.8 Å². The van der Waals surface area contributed by atoms with Crippen LogP contribution in [0.5, 0.6) is 5.75 Å².